The smallest absolute Gasteiger partial charge is 0.255 e. The van der Waals surface area contributed by atoms with E-state index >= 15 is 0 Å². The lowest BCUT2D eigenvalue weighted by Gasteiger charge is -2.15. The van der Waals surface area contributed by atoms with Gasteiger partial charge in [0.15, 0.2) is 5.94 Å². The molecule has 0 saturated heterocycles. The van der Waals surface area contributed by atoms with Crippen LogP contribution in [0.2, 0.25) is 0 Å². The van der Waals surface area contributed by atoms with E-state index in [1.54, 1.807) is 0 Å². The summed E-state index contributed by atoms with van der Waals surface area (Å²) in [5, 5.41) is 0.866. The van der Waals surface area contributed by atoms with Gasteiger partial charge in [0.25, 0.3) is 5.91 Å². The molecule has 0 heterocycles. The molecule has 0 unspecified atom stereocenters. The summed E-state index contributed by atoms with van der Waals surface area (Å²) in [7, 11) is 1.34. The monoisotopic (exact) mass is 197 g/mol. The van der Waals surface area contributed by atoms with E-state index in [2.05, 4.69) is 6.58 Å². The first kappa shape index (κ1) is 12.1. The van der Waals surface area contributed by atoms with Gasteiger partial charge in [-0.3, -0.25) is 4.79 Å². The highest BCUT2D eigenvalue weighted by Crippen LogP contribution is 2.00. The van der Waals surface area contributed by atoms with Gasteiger partial charge in [-0.2, -0.15) is 5.06 Å². The molecule has 76 valence electrons. The molecule has 0 aliphatic heterocycles. The molecular formula is C9H11NO4. The summed E-state index contributed by atoms with van der Waals surface area (Å²) in [6.07, 6.45) is 1.94. The Morgan fingerprint density at radius 1 is 1.64 bits per heavy atom. The Kier molecular flexibility index (Phi) is 5.74. The van der Waals surface area contributed by atoms with Gasteiger partial charge in [-0.25, -0.2) is 4.79 Å². The quantitative estimate of drug-likeness (QED) is 0.201. The topological polar surface area (TPSA) is 63.7 Å². The van der Waals surface area contributed by atoms with Crippen molar-refractivity contribution >= 4 is 18.1 Å². The third kappa shape index (κ3) is 4.23. The van der Waals surface area contributed by atoms with Gasteiger partial charge in [0.05, 0.1) is 0 Å². The average Bonchev–Trinajstić information content (AvgIpc) is 2.21. The fourth-order valence-corrected chi connectivity index (χ4v) is 0.636. The molecule has 0 aromatic heterocycles. The van der Waals surface area contributed by atoms with Crippen LogP contribution in [0.4, 0.5) is 0 Å². The van der Waals surface area contributed by atoms with E-state index in [0.29, 0.717) is 6.29 Å². The second kappa shape index (κ2) is 6.62. The number of carbonyl (C=O) groups excluding carboxylic acids is 3. The van der Waals surface area contributed by atoms with Gasteiger partial charge in [-0.1, -0.05) is 6.58 Å². The fourth-order valence-electron chi connectivity index (χ4n) is 0.636. The molecule has 0 radical (unpaired) electrons. The molecule has 0 rings (SSSR count). The van der Waals surface area contributed by atoms with Crippen LogP contribution in [0.25, 0.3) is 0 Å². The van der Waals surface area contributed by atoms with Gasteiger partial charge in [0.2, 0.25) is 5.76 Å². The Morgan fingerprint density at radius 3 is 2.71 bits per heavy atom. The number of hydrogen-bond donors (Lipinski definition) is 0. The number of aldehydes is 1. The molecule has 0 spiro atoms. The van der Waals surface area contributed by atoms with Crippen molar-refractivity contribution in [2.45, 2.75) is 12.8 Å². The van der Waals surface area contributed by atoms with Gasteiger partial charge in [-0.15, -0.1) is 0 Å². The Labute approximate surface area is 81.6 Å². The third-order valence-corrected chi connectivity index (χ3v) is 1.35. The molecule has 0 atom stereocenters. The lowest BCUT2D eigenvalue weighted by atomic mass is 10.3. The van der Waals surface area contributed by atoms with Gasteiger partial charge in [0, 0.05) is 19.9 Å². The zero-order valence-corrected chi connectivity index (χ0v) is 7.86. The van der Waals surface area contributed by atoms with Crippen LogP contribution in [0.1, 0.15) is 12.8 Å². The molecule has 0 aromatic carbocycles. The zero-order chi connectivity index (χ0) is 11.0. The summed E-state index contributed by atoms with van der Waals surface area (Å²) in [6.45, 7) is 3.29. The first-order valence-corrected chi connectivity index (χ1v) is 3.91. The van der Waals surface area contributed by atoms with Crippen molar-refractivity contribution in [1.82, 2.24) is 5.06 Å². The number of rotatable bonds is 6. The SMILES string of the molecule is C=CC(=C=O)ON(C)C(=O)CCC=O. The van der Waals surface area contributed by atoms with E-state index in [0.717, 1.165) is 11.1 Å². The van der Waals surface area contributed by atoms with E-state index in [1.807, 2.05) is 0 Å². The number of hydroxylamine groups is 2. The Hall–Kier alpha value is -1.87. The second-order valence-electron chi connectivity index (χ2n) is 2.36. The standard InChI is InChI=1S/C9H11NO4/c1-3-8(7-12)14-10(2)9(13)5-4-6-11/h3,6H,1,4-5H2,2H3. The molecule has 0 aliphatic rings. The molecule has 0 saturated carbocycles. The molecule has 0 fully saturated rings. The maximum Gasteiger partial charge on any atom is 0.255 e. The minimum Gasteiger partial charge on any atom is -0.365 e. The first-order chi connectivity index (χ1) is 6.65. The number of hydrogen-bond acceptors (Lipinski definition) is 4. The maximum absolute atomic E-state index is 11.1. The van der Waals surface area contributed by atoms with E-state index in [1.165, 1.54) is 13.0 Å². The fraction of sp³-hybridized carbons (Fsp3) is 0.333. The Bertz CT molecular complexity index is 279. The lowest BCUT2D eigenvalue weighted by molar-refractivity contribution is -0.164. The van der Waals surface area contributed by atoms with Gasteiger partial charge in [0.1, 0.15) is 6.29 Å². The predicted molar refractivity (Wildman–Crippen MR) is 48.6 cm³/mol. The summed E-state index contributed by atoms with van der Waals surface area (Å²) in [6, 6.07) is 0. The summed E-state index contributed by atoms with van der Waals surface area (Å²) < 4.78 is 0. The van der Waals surface area contributed by atoms with Crippen LogP contribution in [-0.4, -0.2) is 30.2 Å². The van der Waals surface area contributed by atoms with E-state index in [-0.39, 0.29) is 18.6 Å². The molecule has 14 heavy (non-hydrogen) atoms. The molecule has 5 nitrogen and oxygen atoms in total. The van der Waals surface area contributed by atoms with Gasteiger partial charge < -0.3 is 9.63 Å². The van der Waals surface area contributed by atoms with E-state index in [9.17, 15) is 14.4 Å². The van der Waals surface area contributed by atoms with Crippen LogP contribution < -0.4 is 0 Å². The molecular weight excluding hydrogens is 186 g/mol. The molecule has 5 heteroatoms. The van der Waals surface area contributed by atoms with Crippen molar-refractivity contribution in [2.24, 2.45) is 0 Å². The Morgan fingerprint density at radius 2 is 2.29 bits per heavy atom. The summed E-state index contributed by atoms with van der Waals surface area (Å²) in [5.74, 6) is 0.886. The van der Waals surface area contributed by atoms with Crippen LogP contribution in [0.3, 0.4) is 0 Å². The molecule has 0 N–H and O–H groups in total. The average molecular weight is 197 g/mol. The molecule has 1 amide bonds. The molecule has 0 aromatic rings. The van der Waals surface area contributed by atoms with Crippen molar-refractivity contribution in [3.8, 4) is 0 Å². The van der Waals surface area contributed by atoms with Crippen molar-refractivity contribution in [2.75, 3.05) is 7.05 Å². The van der Waals surface area contributed by atoms with E-state index in [4.69, 9.17) is 4.84 Å². The maximum atomic E-state index is 11.1. The predicted octanol–water partition coefficient (Wildman–Crippen LogP) is 0.257. The van der Waals surface area contributed by atoms with Crippen LogP contribution in [0, 0.1) is 0 Å². The van der Waals surface area contributed by atoms with Gasteiger partial charge in [-0.05, 0) is 6.08 Å². The summed E-state index contributed by atoms with van der Waals surface area (Å²) in [4.78, 5) is 36.0. The van der Waals surface area contributed by atoms with Crippen molar-refractivity contribution in [3.63, 3.8) is 0 Å². The van der Waals surface area contributed by atoms with E-state index < -0.39 is 5.91 Å². The normalized spacial score (nSPS) is 8.36. The van der Waals surface area contributed by atoms with Gasteiger partial charge >= 0.3 is 0 Å². The molecule has 0 bridgehead atoms. The third-order valence-electron chi connectivity index (χ3n) is 1.35. The highest BCUT2D eigenvalue weighted by atomic mass is 16.7. The number of carbonyl (C=O) groups is 2. The number of nitrogens with zero attached hydrogens (tertiary/aromatic N) is 1. The van der Waals surface area contributed by atoms with Crippen LogP contribution in [-0.2, 0) is 19.2 Å². The number of amides is 1. The lowest BCUT2D eigenvalue weighted by Crippen LogP contribution is -2.26. The van der Waals surface area contributed by atoms with Crippen molar-refractivity contribution in [1.29, 1.82) is 0 Å². The number of allylic oxidation sites excluding steroid dienone is 1. The minimum absolute atomic E-state index is 0.0449. The van der Waals surface area contributed by atoms with Crippen LogP contribution >= 0.6 is 0 Å². The summed E-state index contributed by atoms with van der Waals surface area (Å²) >= 11 is 0. The van der Waals surface area contributed by atoms with Crippen LogP contribution in [0.15, 0.2) is 18.4 Å². The largest absolute Gasteiger partial charge is 0.365 e. The second-order valence-corrected chi connectivity index (χ2v) is 2.36. The Balaban J connectivity index is 4.12. The zero-order valence-electron chi connectivity index (χ0n) is 7.86. The highest BCUT2D eigenvalue weighted by molar-refractivity contribution is 5.77. The van der Waals surface area contributed by atoms with Crippen molar-refractivity contribution < 1.29 is 19.2 Å². The minimum atomic E-state index is -0.397. The first-order valence-electron chi connectivity index (χ1n) is 3.91. The summed E-state index contributed by atoms with van der Waals surface area (Å²) in [5.41, 5.74) is 0. The van der Waals surface area contributed by atoms with Crippen LogP contribution in [0.5, 0.6) is 0 Å². The van der Waals surface area contributed by atoms with Crippen molar-refractivity contribution in [3.05, 3.63) is 18.4 Å². The molecule has 0 aliphatic carbocycles. The highest BCUT2D eigenvalue weighted by Gasteiger charge is 2.10.